The van der Waals surface area contributed by atoms with Crippen LogP contribution in [-0.2, 0) is 4.74 Å². The number of guanidine groups is 1. The molecule has 3 N–H and O–H groups in total. The minimum absolute atomic E-state index is 0.299. The van der Waals surface area contributed by atoms with Crippen LogP contribution in [0, 0.1) is 0 Å². The third-order valence-electron chi connectivity index (χ3n) is 2.37. The molecule has 0 aromatic carbocycles. The summed E-state index contributed by atoms with van der Waals surface area (Å²) in [4.78, 5) is 4.24. The van der Waals surface area contributed by atoms with E-state index in [-0.39, 0.29) is 0 Å². The second kappa shape index (κ2) is 11.7. The molecule has 0 amide bonds. The molecule has 4 heteroatoms. The van der Waals surface area contributed by atoms with Crippen molar-refractivity contribution >= 4 is 5.96 Å². The largest absolute Gasteiger partial charge is 0.379 e. The van der Waals surface area contributed by atoms with Crippen molar-refractivity contribution in [3.05, 3.63) is 0 Å². The van der Waals surface area contributed by atoms with Gasteiger partial charge in [0.1, 0.15) is 0 Å². The van der Waals surface area contributed by atoms with E-state index in [9.17, 15) is 0 Å². The van der Waals surface area contributed by atoms with Crippen LogP contribution in [0.15, 0.2) is 4.99 Å². The van der Waals surface area contributed by atoms with Crippen molar-refractivity contribution in [3.8, 4) is 0 Å². The van der Waals surface area contributed by atoms with E-state index in [0.717, 1.165) is 26.1 Å². The van der Waals surface area contributed by atoms with E-state index >= 15 is 0 Å². The van der Waals surface area contributed by atoms with Gasteiger partial charge in [-0.2, -0.15) is 0 Å². The summed E-state index contributed by atoms with van der Waals surface area (Å²) in [5.74, 6) is 0.561. The predicted molar refractivity (Wildman–Crippen MR) is 74.3 cm³/mol. The number of unbranched alkanes of at least 4 members (excludes halogenated alkanes) is 3. The molecule has 0 rings (SSSR count). The van der Waals surface area contributed by atoms with Gasteiger partial charge in [-0.05, 0) is 26.7 Å². The number of rotatable bonds is 10. The SMILES string of the molecule is CCCCCCNC(N)=NCCCOC(C)C. The Labute approximate surface area is 106 Å². The Morgan fingerprint density at radius 2 is 2.00 bits per heavy atom. The zero-order valence-corrected chi connectivity index (χ0v) is 11.7. The fourth-order valence-corrected chi connectivity index (χ4v) is 1.41. The maximum absolute atomic E-state index is 5.73. The average molecular weight is 243 g/mol. The lowest BCUT2D eigenvalue weighted by atomic mass is 10.2. The molecule has 0 bridgehead atoms. The van der Waals surface area contributed by atoms with E-state index in [1.807, 2.05) is 13.8 Å². The van der Waals surface area contributed by atoms with Crippen molar-refractivity contribution in [3.63, 3.8) is 0 Å². The van der Waals surface area contributed by atoms with Crippen molar-refractivity contribution in [2.45, 2.75) is 59.0 Å². The van der Waals surface area contributed by atoms with E-state index in [4.69, 9.17) is 10.5 Å². The Kier molecular flexibility index (Phi) is 11.2. The van der Waals surface area contributed by atoms with Gasteiger partial charge in [-0.25, -0.2) is 0 Å². The maximum atomic E-state index is 5.73. The molecule has 17 heavy (non-hydrogen) atoms. The zero-order valence-electron chi connectivity index (χ0n) is 11.7. The second-order valence-corrected chi connectivity index (χ2v) is 4.53. The lowest BCUT2D eigenvalue weighted by Crippen LogP contribution is -2.32. The number of nitrogens with zero attached hydrogens (tertiary/aromatic N) is 1. The predicted octanol–water partition coefficient (Wildman–Crippen LogP) is 2.29. The number of aliphatic imine (C=N–C) groups is 1. The van der Waals surface area contributed by atoms with Gasteiger partial charge in [0.15, 0.2) is 5.96 Å². The molecule has 0 aromatic heterocycles. The van der Waals surface area contributed by atoms with Crippen LogP contribution in [0.25, 0.3) is 0 Å². The molecule has 0 saturated heterocycles. The molecule has 102 valence electrons. The third-order valence-corrected chi connectivity index (χ3v) is 2.37. The lowest BCUT2D eigenvalue weighted by molar-refractivity contribution is 0.0783. The highest BCUT2D eigenvalue weighted by molar-refractivity contribution is 5.77. The van der Waals surface area contributed by atoms with E-state index in [0.29, 0.717) is 12.1 Å². The molecule has 0 atom stereocenters. The molecule has 0 unspecified atom stereocenters. The number of nitrogens with one attached hydrogen (secondary N) is 1. The molecule has 0 aliphatic rings. The first-order valence-corrected chi connectivity index (χ1v) is 6.82. The van der Waals surface area contributed by atoms with E-state index < -0.39 is 0 Å². The monoisotopic (exact) mass is 243 g/mol. The number of hydrogen-bond acceptors (Lipinski definition) is 2. The van der Waals surface area contributed by atoms with Crippen molar-refractivity contribution in [1.29, 1.82) is 0 Å². The summed E-state index contributed by atoms with van der Waals surface area (Å²) in [6, 6.07) is 0. The minimum Gasteiger partial charge on any atom is -0.379 e. The summed E-state index contributed by atoms with van der Waals surface area (Å²) in [5, 5.41) is 3.13. The Morgan fingerprint density at radius 3 is 2.65 bits per heavy atom. The van der Waals surface area contributed by atoms with Crippen LogP contribution in [0.5, 0.6) is 0 Å². The molecular weight excluding hydrogens is 214 g/mol. The molecule has 0 aromatic rings. The number of nitrogens with two attached hydrogens (primary N) is 1. The van der Waals surface area contributed by atoms with Crippen molar-refractivity contribution in [1.82, 2.24) is 5.32 Å². The van der Waals surface area contributed by atoms with Gasteiger partial charge in [0, 0.05) is 19.7 Å². The summed E-state index contributed by atoms with van der Waals surface area (Å²) < 4.78 is 5.42. The van der Waals surface area contributed by atoms with Crippen molar-refractivity contribution in [2.24, 2.45) is 10.7 Å². The quantitative estimate of drug-likeness (QED) is 0.351. The fourth-order valence-electron chi connectivity index (χ4n) is 1.41. The van der Waals surface area contributed by atoms with Gasteiger partial charge in [0.25, 0.3) is 0 Å². The zero-order chi connectivity index (χ0) is 12.9. The molecule has 4 nitrogen and oxygen atoms in total. The highest BCUT2D eigenvalue weighted by Crippen LogP contribution is 1.96. The molecule has 0 radical (unpaired) electrons. The molecule has 0 spiro atoms. The highest BCUT2D eigenvalue weighted by atomic mass is 16.5. The third kappa shape index (κ3) is 13.2. The Balaban J connectivity index is 3.32. The van der Waals surface area contributed by atoms with E-state index in [1.165, 1.54) is 25.7 Å². The Bertz CT molecular complexity index is 193. The smallest absolute Gasteiger partial charge is 0.188 e. The van der Waals surface area contributed by atoms with Crippen LogP contribution in [0.2, 0.25) is 0 Å². The van der Waals surface area contributed by atoms with Crippen LogP contribution < -0.4 is 11.1 Å². The summed E-state index contributed by atoms with van der Waals surface area (Å²) in [7, 11) is 0. The molecular formula is C13H29N3O. The van der Waals surface area contributed by atoms with Crippen LogP contribution in [0.4, 0.5) is 0 Å². The van der Waals surface area contributed by atoms with Gasteiger partial charge in [-0.1, -0.05) is 26.2 Å². The first kappa shape index (κ1) is 16.2. The van der Waals surface area contributed by atoms with Gasteiger partial charge in [-0.3, -0.25) is 4.99 Å². The Hall–Kier alpha value is -0.770. The van der Waals surface area contributed by atoms with Crippen molar-refractivity contribution in [2.75, 3.05) is 19.7 Å². The number of ether oxygens (including phenoxy) is 1. The van der Waals surface area contributed by atoms with Gasteiger partial charge in [0.05, 0.1) is 6.10 Å². The molecule has 0 heterocycles. The molecule has 0 aliphatic carbocycles. The standard InChI is InChI=1S/C13H29N3O/c1-4-5-6-7-9-15-13(14)16-10-8-11-17-12(2)3/h12H,4-11H2,1-3H3,(H3,14,15,16). The Morgan fingerprint density at radius 1 is 1.24 bits per heavy atom. The van der Waals surface area contributed by atoms with Gasteiger partial charge >= 0.3 is 0 Å². The maximum Gasteiger partial charge on any atom is 0.188 e. The van der Waals surface area contributed by atoms with E-state index in [2.05, 4.69) is 17.2 Å². The first-order valence-electron chi connectivity index (χ1n) is 6.82. The van der Waals surface area contributed by atoms with Crippen LogP contribution in [0.1, 0.15) is 52.9 Å². The molecule has 0 aliphatic heterocycles. The molecule has 0 saturated carbocycles. The minimum atomic E-state index is 0.299. The normalized spacial score (nSPS) is 12.1. The van der Waals surface area contributed by atoms with Crippen LogP contribution >= 0.6 is 0 Å². The van der Waals surface area contributed by atoms with Gasteiger partial charge in [0.2, 0.25) is 0 Å². The average Bonchev–Trinajstić information content (AvgIpc) is 2.28. The lowest BCUT2D eigenvalue weighted by Gasteiger charge is -2.07. The second-order valence-electron chi connectivity index (χ2n) is 4.53. The topological polar surface area (TPSA) is 59.6 Å². The van der Waals surface area contributed by atoms with Crippen LogP contribution in [-0.4, -0.2) is 31.8 Å². The summed E-state index contributed by atoms with van der Waals surface area (Å²) in [5.41, 5.74) is 5.73. The van der Waals surface area contributed by atoms with Crippen LogP contribution in [0.3, 0.4) is 0 Å². The van der Waals surface area contributed by atoms with E-state index in [1.54, 1.807) is 0 Å². The highest BCUT2D eigenvalue weighted by Gasteiger charge is 1.94. The fraction of sp³-hybridized carbons (Fsp3) is 0.923. The molecule has 0 fully saturated rings. The van der Waals surface area contributed by atoms with Gasteiger partial charge in [-0.15, -0.1) is 0 Å². The number of hydrogen-bond donors (Lipinski definition) is 2. The summed E-state index contributed by atoms with van der Waals surface area (Å²) >= 11 is 0. The van der Waals surface area contributed by atoms with Gasteiger partial charge < -0.3 is 15.8 Å². The summed E-state index contributed by atoms with van der Waals surface area (Å²) in [6.45, 7) is 8.71. The summed E-state index contributed by atoms with van der Waals surface area (Å²) in [6.07, 6.45) is 6.22. The van der Waals surface area contributed by atoms with Crippen molar-refractivity contribution < 1.29 is 4.74 Å². The first-order chi connectivity index (χ1) is 8.16.